The summed E-state index contributed by atoms with van der Waals surface area (Å²) in [6.45, 7) is 0. The summed E-state index contributed by atoms with van der Waals surface area (Å²) >= 11 is 0. The van der Waals surface area contributed by atoms with E-state index in [1.165, 1.54) is 6.42 Å². The summed E-state index contributed by atoms with van der Waals surface area (Å²) < 4.78 is 0. The highest BCUT2D eigenvalue weighted by Gasteiger charge is 2.21. The minimum Gasteiger partial charge on any atom is -0.335 e. The van der Waals surface area contributed by atoms with Crippen LogP contribution in [0.2, 0.25) is 0 Å². The largest absolute Gasteiger partial charge is 0.335 e. The number of rotatable bonds is 4. The number of imidazole rings is 1. The van der Waals surface area contributed by atoms with E-state index in [-0.39, 0.29) is 11.8 Å². The van der Waals surface area contributed by atoms with Crippen molar-refractivity contribution in [2.75, 3.05) is 5.32 Å². The number of aromatic nitrogens is 7. The number of nitrogens with one attached hydrogen (secondary N) is 3. The molecule has 1 amide bonds. The molecule has 1 aliphatic carbocycles. The molecule has 0 unspecified atom stereocenters. The highest BCUT2D eigenvalue weighted by molar-refractivity contribution is 5.94. The molecule has 9 nitrogen and oxygen atoms in total. The Bertz CT molecular complexity index is 1430. The summed E-state index contributed by atoms with van der Waals surface area (Å²) in [4.78, 5) is 33.8. The van der Waals surface area contributed by atoms with Crippen LogP contribution in [0.1, 0.15) is 32.1 Å². The van der Waals surface area contributed by atoms with Crippen LogP contribution in [-0.4, -0.2) is 41.0 Å². The number of nitrogens with zero attached hydrogens (tertiary/aromatic N) is 5. The van der Waals surface area contributed by atoms with Crippen LogP contribution in [0.15, 0.2) is 49.1 Å². The zero-order valence-corrected chi connectivity index (χ0v) is 17.9. The van der Waals surface area contributed by atoms with Crippen LogP contribution >= 0.6 is 0 Å². The topological polar surface area (TPSA) is 125 Å². The molecule has 1 fully saturated rings. The van der Waals surface area contributed by atoms with Gasteiger partial charge in [0, 0.05) is 23.9 Å². The molecule has 5 aromatic rings. The van der Waals surface area contributed by atoms with E-state index in [1.54, 1.807) is 24.8 Å². The van der Waals surface area contributed by atoms with Gasteiger partial charge in [-0.05, 0) is 37.1 Å². The molecule has 9 heteroatoms. The van der Waals surface area contributed by atoms with E-state index in [1.807, 2.05) is 24.3 Å². The highest BCUT2D eigenvalue weighted by atomic mass is 16.1. The number of hydrogen-bond donors (Lipinski definition) is 3. The van der Waals surface area contributed by atoms with Crippen molar-refractivity contribution >= 4 is 33.7 Å². The average Bonchev–Trinajstić information content (AvgIpc) is 3.48. The lowest BCUT2D eigenvalue weighted by atomic mass is 9.88. The molecule has 0 aliphatic heterocycles. The molecule has 0 bridgehead atoms. The van der Waals surface area contributed by atoms with Gasteiger partial charge in [-0.25, -0.2) is 9.97 Å². The molecule has 33 heavy (non-hydrogen) atoms. The SMILES string of the molecule is O=C(Nc1cncc(-c2ccc3[nH]nc(-c4nc5ccncc5[nH]4)c3n2)c1)C1CCCCC1. The quantitative estimate of drug-likeness (QED) is 0.380. The normalized spacial score (nSPS) is 14.7. The van der Waals surface area contributed by atoms with Crippen LogP contribution < -0.4 is 5.32 Å². The van der Waals surface area contributed by atoms with Gasteiger partial charge in [-0.1, -0.05) is 19.3 Å². The summed E-state index contributed by atoms with van der Waals surface area (Å²) in [7, 11) is 0. The number of carbonyl (C=O) groups excluding carboxylic acids is 1. The summed E-state index contributed by atoms with van der Waals surface area (Å²) in [6.07, 6.45) is 12.2. The van der Waals surface area contributed by atoms with Crippen LogP contribution in [0.5, 0.6) is 0 Å². The molecule has 0 saturated heterocycles. The molecule has 5 heterocycles. The molecule has 5 aromatic heterocycles. The molecule has 1 saturated carbocycles. The second kappa shape index (κ2) is 8.09. The highest BCUT2D eigenvalue weighted by Crippen LogP contribution is 2.29. The minimum absolute atomic E-state index is 0.0774. The number of hydrogen-bond acceptors (Lipinski definition) is 6. The van der Waals surface area contributed by atoms with Crippen LogP contribution in [0.4, 0.5) is 5.69 Å². The first-order valence-electron chi connectivity index (χ1n) is 11.2. The Kier molecular flexibility index (Phi) is 4.79. The molecule has 0 radical (unpaired) electrons. The maximum Gasteiger partial charge on any atom is 0.227 e. The van der Waals surface area contributed by atoms with Gasteiger partial charge in [-0.2, -0.15) is 5.10 Å². The van der Waals surface area contributed by atoms with Crippen LogP contribution in [0, 0.1) is 5.92 Å². The Labute approximate surface area is 189 Å². The van der Waals surface area contributed by atoms with E-state index in [9.17, 15) is 4.79 Å². The van der Waals surface area contributed by atoms with Crippen molar-refractivity contribution in [1.82, 2.24) is 35.1 Å². The predicted molar refractivity (Wildman–Crippen MR) is 125 cm³/mol. The zero-order chi connectivity index (χ0) is 22.2. The number of anilines is 1. The minimum atomic E-state index is 0.0774. The maximum atomic E-state index is 12.6. The maximum absolute atomic E-state index is 12.6. The van der Waals surface area contributed by atoms with Crippen molar-refractivity contribution in [2.24, 2.45) is 5.92 Å². The van der Waals surface area contributed by atoms with Crippen molar-refractivity contribution in [1.29, 1.82) is 0 Å². The van der Waals surface area contributed by atoms with Crippen LogP contribution in [0.25, 0.3) is 44.8 Å². The first kappa shape index (κ1) is 19.5. The Morgan fingerprint density at radius 2 is 1.88 bits per heavy atom. The molecule has 0 aromatic carbocycles. The first-order chi connectivity index (χ1) is 16.2. The van der Waals surface area contributed by atoms with Gasteiger partial charge in [-0.15, -0.1) is 0 Å². The fraction of sp³-hybridized carbons (Fsp3) is 0.250. The second-order valence-corrected chi connectivity index (χ2v) is 8.43. The third-order valence-electron chi connectivity index (χ3n) is 6.19. The smallest absolute Gasteiger partial charge is 0.227 e. The van der Waals surface area contributed by atoms with Gasteiger partial charge in [0.05, 0.1) is 40.3 Å². The van der Waals surface area contributed by atoms with Gasteiger partial charge in [0.15, 0.2) is 11.5 Å². The number of carbonyl (C=O) groups is 1. The third-order valence-corrected chi connectivity index (χ3v) is 6.19. The van der Waals surface area contributed by atoms with E-state index in [0.717, 1.165) is 53.5 Å². The lowest BCUT2D eigenvalue weighted by molar-refractivity contribution is -0.120. The standard InChI is InChI=1S/C24H22N8O/c33-24(14-4-2-1-3-5-14)27-16-10-15(11-26-12-16)17-6-7-19-21(28-17)22(32-31-19)23-29-18-8-9-25-13-20(18)30-23/h6-14H,1-5H2,(H,27,33)(H,29,30)(H,31,32). The van der Waals surface area contributed by atoms with Gasteiger partial charge in [-0.3, -0.25) is 19.9 Å². The summed E-state index contributed by atoms with van der Waals surface area (Å²) in [6, 6.07) is 7.61. The zero-order valence-electron chi connectivity index (χ0n) is 17.9. The Morgan fingerprint density at radius 1 is 0.970 bits per heavy atom. The molecule has 0 atom stereocenters. The number of fused-ring (bicyclic) bond motifs is 2. The summed E-state index contributed by atoms with van der Waals surface area (Å²) in [5.74, 6) is 0.790. The van der Waals surface area contributed by atoms with Gasteiger partial charge in [0.1, 0.15) is 5.52 Å². The van der Waals surface area contributed by atoms with Gasteiger partial charge < -0.3 is 10.3 Å². The molecular formula is C24H22N8O. The third kappa shape index (κ3) is 3.71. The second-order valence-electron chi connectivity index (χ2n) is 8.43. The molecular weight excluding hydrogens is 416 g/mol. The van der Waals surface area contributed by atoms with Crippen molar-refractivity contribution in [2.45, 2.75) is 32.1 Å². The molecule has 6 rings (SSSR count). The van der Waals surface area contributed by atoms with Gasteiger partial charge in [0.25, 0.3) is 0 Å². The van der Waals surface area contributed by atoms with Gasteiger partial charge in [0.2, 0.25) is 5.91 Å². The Hall–Kier alpha value is -4.14. The fourth-order valence-electron chi connectivity index (χ4n) is 4.45. The Balaban J connectivity index is 1.32. The fourth-order valence-corrected chi connectivity index (χ4v) is 4.45. The van der Waals surface area contributed by atoms with E-state index < -0.39 is 0 Å². The molecule has 164 valence electrons. The van der Waals surface area contributed by atoms with Crippen molar-refractivity contribution in [3.05, 3.63) is 49.1 Å². The number of pyridine rings is 3. The van der Waals surface area contributed by atoms with Crippen LogP contribution in [0.3, 0.4) is 0 Å². The van der Waals surface area contributed by atoms with E-state index in [4.69, 9.17) is 4.98 Å². The van der Waals surface area contributed by atoms with E-state index >= 15 is 0 Å². The Morgan fingerprint density at radius 3 is 2.76 bits per heavy atom. The van der Waals surface area contributed by atoms with Crippen LogP contribution in [-0.2, 0) is 4.79 Å². The number of H-pyrrole nitrogens is 2. The lowest BCUT2D eigenvalue weighted by Gasteiger charge is -2.20. The predicted octanol–water partition coefficient (Wildman–Crippen LogP) is 4.48. The van der Waals surface area contributed by atoms with Gasteiger partial charge >= 0.3 is 0 Å². The van der Waals surface area contributed by atoms with E-state index in [0.29, 0.717) is 22.7 Å². The molecule has 3 N–H and O–H groups in total. The lowest BCUT2D eigenvalue weighted by Crippen LogP contribution is -2.24. The monoisotopic (exact) mass is 438 g/mol. The summed E-state index contributed by atoms with van der Waals surface area (Å²) in [5, 5.41) is 10.5. The van der Waals surface area contributed by atoms with Crippen molar-refractivity contribution < 1.29 is 4.79 Å². The first-order valence-corrected chi connectivity index (χ1v) is 11.2. The molecule has 1 aliphatic rings. The van der Waals surface area contributed by atoms with Crippen molar-refractivity contribution in [3.8, 4) is 22.8 Å². The summed E-state index contributed by atoms with van der Waals surface area (Å²) in [5.41, 5.74) is 6.05. The number of amides is 1. The average molecular weight is 438 g/mol. The van der Waals surface area contributed by atoms with Crippen molar-refractivity contribution in [3.63, 3.8) is 0 Å². The van der Waals surface area contributed by atoms with E-state index in [2.05, 4.69) is 35.5 Å². The molecule has 0 spiro atoms. The number of aromatic amines is 2.